The zero-order valence-electron chi connectivity index (χ0n) is 15.2. The molecule has 2 heterocycles. The zero-order valence-corrected chi connectivity index (χ0v) is 16.0. The second-order valence-electron chi connectivity index (χ2n) is 6.41. The van der Waals surface area contributed by atoms with Crippen LogP contribution in [0.3, 0.4) is 0 Å². The van der Waals surface area contributed by atoms with E-state index < -0.39 is 0 Å². The number of benzene rings is 2. The molecule has 0 fully saturated rings. The third-order valence-electron chi connectivity index (χ3n) is 4.54. The van der Waals surface area contributed by atoms with E-state index in [9.17, 15) is 14.4 Å². The van der Waals surface area contributed by atoms with E-state index in [1.807, 2.05) is 24.3 Å². The molecule has 7 nitrogen and oxygen atoms in total. The molecular formula is C20H18N2O5S. The summed E-state index contributed by atoms with van der Waals surface area (Å²) in [4.78, 5) is 39.4. The van der Waals surface area contributed by atoms with Crippen molar-refractivity contribution in [2.24, 2.45) is 0 Å². The number of ketones is 1. The topological polar surface area (TPSA) is 84.9 Å². The number of Topliss-reactive ketones (excluding diaryl/α,β-unsaturated/α-hetero) is 1. The predicted molar refractivity (Wildman–Crippen MR) is 105 cm³/mol. The molecule has 0 radical (unpaired) electrons. The van der Waals surface area contributed by atoms with E-state index >= 15 is 0 Å². The average molecular weight is 398 g/mol. The lowest BCUT2D eigenvalue weighted by atomic mass is 10.1. The van der Waals surface area contributed by atoms with Crippen molar-refractivity contribution in [3.63, 3.8) is 0 Å². The Labute approximate surface area is 166 Å². The summed E-state index contributed by atoms with van der Waals surface area (Å²) in [6, 6.07) is 10.8. The van der Waals surface area contributed by atoms with Crippen LogP contribution in [-0.2, 0) is 9.59 Å². The molecule has 1 N–H and O–H groups in total. The monoisotopic (exact) mass is 398 g/mol. The van der Waals surface area contributed by atoms with E-state index in [4.69, 9.17) is 9.47 Å². The standard InChI is InChI=1S/C20H18N2O5S/c1-12(23)13-8-16-17(27-11-26-16)9-14(13)21-19(24)6-7-22-15-4-2-3-5-18(15)28-10-20(22)25/h2-5,8-9H,6-7,10-11H2,1H3,(H,21,24). The van der Waals surface area contributed by atoms with Crippen LogP contribution in [0.1, 0.15) is 23.7 Å². The first kappa shape index (κ1) is 18.4. The smallest absolute Gasteiger partial charge is 0.237 e. The molecule has 0 bridgehead atoms. The molecule has 0 spiro atoms. The highest BCUT2D eigenvalue weighted by Crippen LogP contribution is 2.38. The molecule has 144 valence electrons. The molecule has 2 aromatic rings. The van der Waals surface area contributed by atoms with Crippen LogP contribution in [0.2, 0.25) is 0 Å². The lowest BCUT2D eigenvalue weighted by Gasteiger charge is -2.28. The van der Waals surface area contributed by atoms with Crippen molar-refractivity contribution >= 4 is 40.7 Å². The van der Waals surface area contributed by atoms with Crippen molar-refractivity contribution in [3.8, 4) is 11.5 Å². The largest absolute Gasteiger partial charge is 0.454 e. The van der Waals surface area contributed by atoms with Gasteiger partial charge in [-0.3, -0.25) is 14.4 Å². The Bertz CT molecular complexity index is 975. The van der Waals surface area contributed by atoms with Crippen LogP contribution in [0.15, 0.2) is 41.3 Å². The number of hydrogen-bond acceptors (Lipinski definition) is 6. The van der Waals surface area contributed by atoms with Crippen molar-refractivity contribution in [3.05, 3.63) is 42.0 Å². The van der Waals surface area contributed by atoms with E-state index in [0.717, 1.165) is 10.6 Å². The van der Waals surface area contributed by atoms with Crippen molar-refractivity contribution in [2.75, 3.05) is 29.3 Å². The second-order valence-corrected chi connectivity index (χ2v) is 7.42. The van der Waals surface area contributed by atoms with Crippen molar-refractivity contribution in [1.82, 2.24) is 0 Å². The third kappa shape index (κ3) is 3.55. The van der Waals surface area contributed by atoms with Crippen LogP contribution < -0.4 is 19.7 Å². The number of ether oxygens (including phenoxy) is 2. The molecule has 28 heavy (non-hydrogen) atoms. The van der Waals surface area contributed by atoms with Gasteiger partial charge in [-0.2, -0.15) is 0 Å². The number of rotatable bonds is 5. The number of fused-ring (bicyclic) bond motifs is 2. The first-order valence-corrected chi connectivity index (χ1v) is 9.78. The Morgan fingerprint density at radius 2 is 1.93 bits per heavy atom. The van der Waals surface area contributed by atoms with E-state index in [0.29, 0.717) is 28.5 Å². The number of para-hydroxylation sites is 1. The van der Waals surface area contributed by atoms with Crippen LogP contribution in [0, 0.1) is 0 Å². The Kier molecular flexibility index (Phi) is 4.95. The van der Waals surface area contributed by atoms with Gasteiger partial charge in [0.1, 0.15) is 0 Å². The molecule has 2 amide bonds. The quantitative estimate of drug-likeness (QED) is 0.779. The summed E-state index contributed by atoms with van der Waals surface area (Å²) in [7, 11) is 0. The molecule has 0 aliphatic carbocycles. The van der Waals surface area contributed by atoms with Crippen molar-refractivity contribution < 1.29 is 23.9 Å². The molecule has 0 saturated heterocycles. The lowest BCUT2D eigenvalue weighted by molar-refractivity contribution is -0.117. The molecule has 4 rings (SSSR count). The molecule has 2 aliphatic rings. The number of anilines is 2. The molecule has 2 aromatic carbocycles. The minimum Gasteiger partial charge on any atom is -0.454 e. The van der Waals surface area contributed by atoms with Gasteiger partial charge in [0, 0.05) is 29.5 Å². The zero-order chi connectivity index (χ0) is 19.7. The van der Waals surface area contributed by atoms with Gasteiger partial charge in [0.05, 0.1) is 17.1 Å². The van der Waals surface area contributed by atoms with Crippen LogP contribution >= 0.6 is 11.8 Å². The SMILES string of the molecule is CC(=O)c1cc2c(cc1NC(=O)CCN1C(=O)CSc3ccccc31)OCO2. The normalized spacial score (nSPS) is 14.6. The molecule has 2 aliphatic heterocycles. The van der Waals surface area contributed by atoms with Gasteiger partial charge in [0.15, 0.2) is 17.3 Å². The van der Waals surface area contributed by atoms with E-state index in [1.165, 1.54) is 18.7 Å². The van der Waals surface area contributed by atoms with Crippen LogP contribution in [0.4, 0.5) is 11.4 Å². The van der Waals surface area contributed by atoms with Gasteiger partial charge in [-0.25, -0.2) is 0 Å². The summed E-state index contributed by atoms with van der Waals surface area (Å²) >= 11 is 1.50. The summed E-state index contributed by atoms with van der Waals surface area (Å²) in [5.74, 6) is 0.822. The fourth-order valence-electron chi connectivity index (χ4n) is 3.16. The molecule has 0 saturated carbocycles. The van der Waals surface area contributed by atoms with Gasteiger partial charge < -0.3 is 19.7 Å². The summed E-state index contributed by atoms with van der Waals surface area (Å²) in [5, 5.41) is 2.76. The number of nitrogens with one attached hydrogen (secondary N) is 1. The fraction of sp³-hybridized carbons (Fsp3) is 0.250. The maximum absolute atomic E-state index is 12.5. The summed E-state index contributed by atoms with van der Waals surface area (Å²) in [5.41, 5.74) is 1.56. The molecule has 0 atom stereocenters. The first-order chi connectivity index (χ1) is 13.5. The summed E-state index contributed by atoms with van der Waals surface area (Å²) in [6.07, 6.45) is 0.108. The number of amides is 2. The highest BCUT2D eigenvalue weighted by atomic mass is 32.2. The summed E-state index contributed by atoms with van der Waals surface area (Å²) in [6.45, 7) is 1.77. The first-order valence-electron chi connectivity index (χ1n) is 8.79. The van der Waals surface area contributed by atoms with Gasteiger partial charge in [-0.05, 0) is 25.1 Å². The number of carbonyl (C=O) groups excluding carboxylic acids is 3. The molecule has 8 heteroatoms. The number of hydrogen-bond donors (Lipinski definition) is 1. The minimum absolute atomic E-state index is 0.0241. The van der Waals surface area contributed by atoms with E-state index in [-0.39, 0.29) is 37.4 Å². The molecular weight excluding hydrogens is 380 g/mol. The third-order valence-corrected chi connectivity index (χ3v) is 5.58. The average Bonchev–Trinajstić information content (AvgIpc) is 3.14. The highest BCUT2D eigenvalue weighted by Gasteiger charge is 2.25. The number of carbonyl (C=O) groups is 3. The van der Waals surface area contributed by atoms with Crippen LogP contribution in [0.25, 0.3) is 0 Å². The van der Waals surface area contributed by atoms with Gasteiger partial charge in [-0.15, -0.1) is 11.8 Å². The Hall–Kier alpha value is -3.00. The van der Waals surface area contributed by atoms with E-state index in [2.05, 4.69) is 5.32 Å². The number of thioether (sulfide) groups is 1. The highest BCUT2D eigenvalue weighted by molar-refractivity contribution is 8.00. The van der Waals surface area contributed by atoms with E-state index in [1.54, 1.807) is 17.0 Å². The van der Waals surface area contributed by atoms with Gasteiger partial charge in [0.2, 0.25) is 18.6 Å². The fourth-order valence-corrected chi connectivity index (χ4v) is 4.10. The van der Waals surface area contributed by atoms with Gasteiger partial charge in [-0.1, -0.05) is 12.1 Å². The van der Waals surface area contributed by atoms with Crippen LogP contribution in [-0.4, -0.2) is 36.7 Å². The van der Waals surface area contributed by atoms with Crippen molar-refractivity contribution in [2.45, 2.75) is 18.2 Å². The minimum atomic E-state index is -0.287. The maximum Gasteiger partial charge on any atom is 0.237 e. The van der Waals surface area contributed by atoms with Crippen LogP contribution in [0.5, 0.6) is 11.5 Å². The van der Waals surface area contributed by atoms with Gasteiger partial charge in [0.25, 0.3) is 0 Å². The molecule has 0 unspecified atom stereocenters. The Morgan fingerprint density at radius 3 is 2.71 bits per heavy atom. The lowest BCUT2D eigenvalue weighted by Crippen LogP contribution is -2.37. The number of nitrogens with zero attached hydrogens (tertiary/aromatic N) is 1. The second kappa shape index (κ2) is 7.55. The summed E-state index contributed by atoms with van der Waals surface area (Å²) < 4.78 is 10.6. The molecule has 0 aromatic heterocycles. The Morgan fingerprint density at radius 1 is 1.18 bits per heavy atom. The van der Waals surface area contributed by atoms with Gasteiger partial charge >= 0.3 is 0 Å². The predicted octanol–water partition coefficient (Wildman–Crippen LogP) is 3.09. The maximum atomic E-state index is 12.5. The van der Waals surface area contributed by atoms with Crippen molar-refractivity contribution in [1.29, 1.82) is 0 Å². The Balaban J connectivity index is 1.47.